The Hall–Kier alpha value is -2.58. The third-order valence-corrected chi connectivity index (χ3v) is 3.66. The minimum absolute atomic E-state index is 0.198. The molecule has 9 heteroatoms. The summed E-state index contributed by atoms with van der Waals surface area (Å²) in [6, 6.07) is -2.87. The number of amides is 3. The molecule has 0 spiro atoms. The van der Waals surface area contributed by atoms with Gasteiger partial charge < -0.3 is 20.5 Å². The fourth-order valence-electron chi connectivity index (χ4n) is 2.32. The lowest BCUT2D eigenvalue weighted by atomic mass is 10.1. The van der Waals surface area contributed by atoms with Gasteiger partial charge in [-0.15, -0.1) is 0 Å². The van der Waals surface area contributed by atoms with Crippen molar-refractivity contribution < 1.29 is 29.0 Å². The fourth-order valence-corrected chi connectivity index (χ4v) is 2.32. The Morgan fingerprint density at radius 2 is 1.77 bits per heavy atom. The number of nitrogens with one attached hydrogen (secondary N) is 2. The molecule has 3 amide bonds. The summed E-state index contributed by atoms with van der Waals surface area (Å²) >= 11 is 0. The number of ether oxygens (including phenoxy) is 1. The van der Waals surface area contributed by atoms with Crippen LogP contribution in [0, 0.1) is 0 Å². The predicted octanol–water partition coefficient (Wildman–Crippen LogP) is 0.646. The molecule has 0 aromatic heterocycles. The van der Waals surface area contributed by atoms with E-state index in [-0.39, 0.29) is 13.0 Å². The number of hydrogen-bond donors (Lipinski definition) is 3. The Morgan fingerprint density at radius 1 is 1.19 bits per heavy atom. The Labute approximate surface area is 152 Å². The van der Waals surface area contributed by atoms with Crippen molar-refractivity contribution in [3.05, 3.63) is 12.2 Å². The first kappa shape index (κ1) is 21.5. The van der Waals surface area contributed by atoms with Gasteiger partial charge in [0, 0.05) is 6.54 Å². The van der Waals surface area contributed by atoms with Crippen LogP contribution in [0.1, 0.15) is 41.0 Å². The van der Waals surface area contributed by atoms with E-state index in [0.717, 1.165) is 0 Å². The van der Waals surface area contributed by atoms with Gasteiger partial charge in [-0.05, 0) is 41.0 Å². The number of likely N-dealkylation sites (tertiary alicyclic amines) is 1. The molecule has 1 rings (SSSR count). The highest BCUT2D eigenvalue weighted by Crippen LogP contribution is 2.24. The summed E-state index contributed by atoms with van der Waals surface area (Å²) < 4.78 is 5.30. The molecule has 1 heterocycles. The number of carbonyl (C=O) groups is 4. The second kappa shape index (κ2) is 8.20. The van der Waals surface area contributed by atoms with E-state index in [9.17, 15) is 19.2 Å². The van der Waals surface area contributed by atoms with Crippen molar-refractivity contribution in [1.29, 1.82) is 0 Å². The Balaban J connectivity index is 2.74. The third kappa shape index (κ3) is 6.05. The van der Waals surface area contributed by atoms with Crippen LogP contribution in [0.3, 0.4) is 0 Å². The van der Waals surface area contributed by atoms with Gasteiger partial charge in [0.25, 0.3) is 0 Å². The van der Waals surface area contributed by atoms with E-state index in [4.69, 9.17) is 9.84 Å². The average molecular weight is 369 g/mol. The molecular weight excluding hydrogens is 342 g/mol. The summed E-state index contributed by atoms with van der Waals surface area (Å²) in [4.78, 5) is 48.8. The monoisotopic (exact) mass is 369 g/mol. The van der Waals surface area contributed by atoms with Crippen LogP contribution in [0.4, 0.5) is 4.79 Å². The van der Waals surface area contributed by atoms with Crippen LogP contribution in [-0.4, -0.2) is 64.2 Å². The van der Waals surface area contributed by atoms with Gasteiger partial charge in [-0.3, -0.25) is 19.3 Å². The quantitative estimate of drug-likeness (QED) is 0.611. The van der Waals surface area contributed by atoms with E-state index in [1.165, 1.54) is 18.7 Å². The Bertz CT molecular complexity index is 610. The highest BCUT2D eigenvalue weighted by molar-refractivity contribution is 5.93. The third-order valence-electron chi connectivity index (χ3n) is 3.66. The lowest BCUT2D eigenvalue weighted by molar-refractivity contribution is -0.141. The summed E-state index contributed by atoms with van der Waals surface area (Å²) in [5.74, 6) is -2.34. The molecule has 9 nitrogen and oxygen atoms in total. The summed E-state index contributed by atoms with van der Waals surface area (Å²) in [5, 5.41) is 13.6. The van der Waals surface area contributed by atoms with Crippen LogP contribution in [0.25, 0.3) is 0 Å². The molecule has 0 radical (unpaired) electrons. The van der Waals surface area contributed by atoms with Crippen LogP contribution < -0.4 is 10.6 Å². The van der Waals surface area contributed by atoms with E-state index in [1.54, 1.807) is 20.8 Å². The summed E-state index contributed by atoms with van der Waals surface area (Å²) in [6.07, 6.45) is -0.363. The Kier molecular flexibility index (Phi) is 6.77. The first-order chi connectivity index (χ1) is 11.8. The first-order valence-corrected chi connectivity index (χ1v) is 8.31. The SMILES string of the molecule is C=C1C[C@@H](C(=O)N[C@@H](C)C(=O)N[C@@H](C)C(=O)O)N(C(=O)OC(C)(C)C)C1. The number of carboxylic acids is 1. The van der Waals surface area contributed by atoms with E-state index >= 15 is 0 Å². The average Bonchev–Trinajstić information content (AvgIpc) is 2.87. The van der Waals surface area contributed by atoms with Gasteiger partial charge in [0.05, 0.1) is 0 Å². The standard InChI is InChI=1S/C17H27N3O6/c1-9-7-12(20(8-9)16(25)26-17(4,5)6)14(22)18-10(2)13(21)19-11(3)15(23)24/h10-12H,1,7-8H2,2-6H3,(H,18,22)(H,19,21)(H,23,24)/t10-,11-,12-/m0/s1. The first-order valence-electron chi connectivity index (χ1n) is 8.31. The molecule has 1 aliphatic heterocycles. The zero-order chi connectivity index (χ0) is 20.2. The van der Waals surface area contributed by atoms with Crippen molar-refractivity contribution in [3.8, 4) is 0 Å². The summed E-state index contributed by atoms with van der Waals surface area (Å²) in [5.41, 5.74) is -0.00468. The molecule has 0 saturated carbocycles. The molecular formula is C17H27N3O6. The summed E-state index contributed by atoms with van der Waals surface area (Å²) in [7, 11) is 0. The molecule has 1 aliphatic rings. The molecule has 1 saturated heterocycles. The molecule has 0 unspecified atom stereocenters. The van der Waals surface area contributed by atoms with Crippen molar-refractivity contribution in [2.75, 3.05) is 6.54 Å². The number of carboxylic acid groups (broad SMARTS) is 1. The molecule has 0 aromatic carbocycles. The molecule has 0 bridgehead atoms. The minimum Gasteiger partial charge on any atom is -0.480 e. The van der Waals surface area contributed by atoms with E-state index in [0.29, 0.717) is 5.57 Å². The highest BCUT2D eigenvalue weighted by Gasteiger charge is 2.39. The van der Waals surface area contributed by atoms with Crippen molar-refractivity contribution in [1.82, 2.24) is 15.5 Å². The van der Waals surface area contributed by atoms with Gasteiger partial charge in [0.15, 0.2) is 0 Å². The maximum absolute atomic E-state index is 12.5. The van der Waals surface area contributed by atoms with Crippen LogP contribution in [-0.2, 0) is 19.1 Å². The predicted molar refractivity (Wildman–Crippen MR) is 93.3 cm³/mol. The van der Waals surface area contributed by atoms with Crippen molar-refractivity contribution in [2.45, 2.75) is 64.8 Å². The summed E-state index contributed by atoms with van der Waals surface area (Å²) in [6.45, 7) is 11.9. The lowest BCUT2D eigenvalue weighted by Gasteiger charge is -2.28. The van der Waals surface area contributed by atoms with Crippen molar-refractivity contribution in [3.63, 3.8) is 0 Å². The largest absolute Gasteiger partial charge is 0.480 e. The Morgan fingerprint density at radius 3 is 2.27 bits per heavy atom. The van der Waals surface area contributed by atoms with Gasteiger partial charge in [-0.2, -0.15) is 0 Å². The van der Waals surface area contributed by atoms with E-state index < -0.39 is 47.6 Å². The van der Waals surface area contributed by atoms with Crippen LogP contribution in [0.15, 0.2) is 12.2 Å². The normalized spacial score (nSPS) is 19.5. The van der Waals surface area contributed by atoms with Gasteiger partial charge in [-0.25, -0.2) is 4.79 Å². The number of rotatable bonds is 5. The van der Waals surface area contributed by atoms with Gasteiger partial charge in [-0.1, -0.05) is 12.2 Å². The zero-order valence-electron chi connectivity index (χ0n) is 15.8. The fraction of sp³-hybridized carbons (Fsp3) is 0.647. The van der Waals surface area contributed by atoms with Crippen LogP contribution in [0.2, 0.25) is 0 Å². The number of hydrogen-bond acceptors (Lipinski definition) is 5. The van der Waals surface area contributed by atoms with Gasteiger partial charge in [0.1, 0.15) is 23.7 Å². The van der Waals surface area contributed by atoms with Crippen LogP contribution >= 0.6 is 0 Å². The second-order valence-corrected chi connectivity index (χ2v) is 7.38. The number of nitrogens with zero attached hydrogens (tertiary/aromatic N) is 1. The zero-order valence-corrected chi connectivity index (χ0v) is 15.8. The van der Waals surface area contributed by atoms with Gasteiger partial charge in [0.2, 0.25) is 11.8 Å². The number of aliphatic carboxylic acids is 1. The molecule has 0 aromatic rings. The topological polar surface area (TPSA) is 125 Å². The van der Waals surface area contributed by atoms with Crippen molar-refractivity contribution in [2.24, 2.45) is 0 Å². The van der Waals surface area contributed by atoms with Crippen molar-refractivity contribution >= 4 is 23.9 Å². The highest BCUT2D eigenvalue weighted by atomic mass is 16.6. The smallest absolute Gasteiger partial charge is 0.411 e. The van der Waals surface area contributed by atoms with Gasteiger partial charge >= 0.3 is 12.1 Å². The molecule has 26 heavy (non-hydrogen) atoms. The minimum atomic E-state index is -1.18. The second-order valence-electron chi connectivity index (χ2n) is 7.38. The molecule has 146 valence electrons. The molecule has 3 atom stereocenters. The maximum Gasteiger partial charge on any atom is 0.411 e. The molecule has 3 N–H and O–H groups in total. The maximum atomic E-state index is 12.5. The van der Waals surface area contributed by atoms with E-state index in [2.05, 4.69) is 17.2 Å². The molecule has 1 fully saturated rings. The van der Waals surface area contributed by atoms with E-state index in [1.807, 2.05) is 0 Å². The number of carbonyl (C=O) groups excluding carboxylic acids is 3. The van der Waals surface area contributed by atoms with Crippen LogP contribution in [0.5, 0.6) is 0 Å². The lowest BCUT2D eigenvalue weighted by Crippen LogP contribution is -2.54. The molecule has 0 aliphatic carbocycles.